The first-order valence-corrected chi connectivity index (χ1v) is 27.1. The molecule has 6 aromatic carbocycles. The molecule has 7 aromatic rings. The van der Waals surface area contributed by atoms with Gasteiger partial charge in [-0.05, 0) is 226 Å². The molecule has 2 aliphatic heterocycles. The molecule has 1 aromatic heterocycles. The van der Waals surface area contributed by atoms with Crippen molar-refractivity contribution in [3.05, 3.63) is 146 Å². The molecule has 4 aliphatic carbocycles. The zero-order valence-corrected chi connectivity index (χ0v) is 46.2. The molecule has 3 nitrogen and oxygen atoms in total. The van der Waals surface area contributed by atoms with Crippen molar-refractivity contribution in [3.8, 4) is 11.1 Å². The SMILES string of the molecule is Cc1cc(C)c(-c2cc3c4c(c2)N(c2c(C)cc(C(C)(C)C)cc2C)c2ccc(C(C)(C)C)cc2B4c2c(oc4cc5c(cc24)C2(C)CCC5(C)CC2)N3c2ccc3c(c2)C(C)(C)CCC3(C)C)c(C)c1. The van der Waals surface area contributed by atoms with E-state index in [0.717, 1.165) is 17.9 Å². The lowest BCUT2D eigenvalue weighted by Gasteiger charge is -2.52. The van der Waals surface area contributed by atoms with Crippen LogP contribution in [-0.2, 0) is 32.5 Å². The number of anilines is 6. The van der Waals surface area contributed by atoms with E-state index in [4.69, 9.17) is 4.42 Å². The predicted octanol–water partition coefficient (Wildman–Crippen LogP) is 16.8. The van der Waals surface area contributed by atoms with Gasteiger partial charge in [-0.1, -0.05) is 131 Å². The highest BCUT2D eigenvalue weighted by Gasteiger charge is 2.51. The summed E-state index contributed by atoms with van der Waals surface area (Å²) in [4.78, 5) is 5.27. The van der Waals surface area contributed by atoms with Gasteiger partial charge in [-0.15, -0.1) is 0 Å². The maximum atomic E-state index is 7.73. The Labute approximate surface area is 426 Å². The first-order chi connectivity index (χ1) is 33.2. The van der Waals surface area contributed by atoms with Gasteiger partial charge in [-0.3, -0.25) is 4.90 Å². The van der Waals surface area contributed by atoms with E-state index in [2.05, 4.69) is 212 Å². The number of hydrogen-bond acceptors (Lipinski definition) is 3. The molecule has 6 aliphatic rings. The van der Waals surface area contributed by atoms with Crippen LogP contribution in [0.5, 0.6) is 0 Å². The Balaban J connectivity index is 1.26. The molecule has 0 spiro atoms. The maximum absolute atomic E-state index is 7.73. The summed E-state index contributed by atoms with van der Waals surface area (Å²) >= 11 is 0. The minimum atomic E-state index is -0.0694. The Hall–Kier alpha value is -5.48. The molecule has 71 heavy (non-hydrogen) atoms. The van der Waals surface area contributed by atoms with Gasteiger partial charge >= 0.3 is 0 Å². The molecule has 3 heterocycles. The van der Waals surface area contributed by atoms with Crippen molar-refractivity contribution in [2.24, 2.45) is 0 Å². The van der Waals surface area contributed by atoms with Crippen molar-refractivity contribution in [2.75, 3.05) is 9.80 Å². The third kappa shape index (κ3) is 6.74. The molecule has 0 radical (unpaired) electrons. The number of furan rings is 1. The summed E-state index contributed by atoms with van der Waals surface area (Å²) in [5, 5.41) is 1.28. The van der Waals surface area contributed by atoms with Crippen molar-refractivity contribution in [1.29, 1.82) is 0 Å². The normalized spacial score (nSPS) is 21.5. The molecule has 0 amide bonds. The van der Waals surface area contributed by atoms with Gasteiger partial charge in [-0.2, -0.15) is 0 Å². The highest BCUT2D eigenvalue weighted by Crippen LogP contribution is 2.58. The fraction of sp³-hybridized carbons (Fsp3) is 0.433. The van der Waals surface area contributed by atoms with E-state index in [9.17, 15) is 0 Å². The van der Waals surface area contributed by atoms with Crippen molar-refractivity contribution in [3.63, 3.8) is 0 Å². The van der Waals surface area contributed by atoms with E-state index < -0.39 is 0 Å². The fourth-order valence-corrected chi connectivity index (χ4v) is 14.7. The van der Waals surface area contributed by atoms with Crippen LogP contribution in [0.3, 0.4) is 0 Å². The Morgan fingerprint density at radius 3 is 1.65 bits per heavy atom. The lowest BCUT2D eigenvalue weighted by Crippen LogP contribution is -2.61. The number of aryl methyl sites for hydroxylation is 5. The molecular formula is C67H77BN2O. The van der Waals surface area contributed by atoms with Crippen LogP contribution in [0.2, 0.25) is 0 Å². The van der Waals surface area contributed by atoms with Crippen LogP contribution in [0.1, 0.15) is 183 Å². The maximum Gasteiger partial charge on any atom is 0.257 e. The smallest absolute Gasteiger partial charge is 0.257 e. The molecule has 13 rings (SSSR count). The van der Waals surface area contributed by atoms with E-state index in [1.807, 2.05) is 0 Å². The number of hydrogen-bond donors (Lipinski definition) is 0. The molecule has 4 heteroatoms. The molecule has 0 saturated heterocycles. The molecular weight excluding hydrogens is 860 g/mol. The Bertz CT molecular complexity index is 3400. The summed E-state index contributed by atoms with van der Waals surface area (Å²) in [6.45, 7) is 40.5. The van der Waals surface area contributed by atoms with E-state index in [-0.39, 0.29) is 39.2 Å². The zero-order chi connectivity index (χ0) is 50.4. The summed E-state index contributed by atoms with van der Waals surface area (Å²) in [7, 11) is 0. The lowest BCUT2D eigenvalue weighted by atomic mass is 9.33. The summed E-state index contributed by atoms with van der Waals surface area (Å²) in [5.41, 5.74) is 29.4. The van der Waals surface area contributed by atoms with Crippen LogP contribution in [0.4, 0.5) is 34.3 Å². The molecule has 1 saturated carbocycles. The first-order valence-electron chi connectivity index (χ1n) is 27.1. The van der Waals surface area contributed by atoms with E-state index in [1.54, 1.807) is 5.56 Å². The second-order valence-corrected chi connectivity index (χ2v) is 27.4. The van der Waals surface area contributed by atoms with Crippen LogP contribution < -0.4 is 26.2 Å². The van der Waals surface area contributed by atoms with Gasteiger partial charge in [0.25, 0.3) is 6.71 Å². The Morgan fingerprint density at radius 2 is 1.06 bits per heavy atom. The predicted molar refractivity (Wildman–Crippen MR) is 305 cm³/mol. The highest BCUT2D eigenvalue weighted by molar-refractivity contribution is 7.01. The zero-order valence-electron chi connectivity index (χ0n) is 46.2. The first kappa shape index (κ1) is 46.6. The second kappa shape index (κ2) is 14.8. The highest BCUT2D eigenvalue weighted by atomic mass is 16.4. The number of fused-ring (bicyclic) bond motifs is 9. The van der Waals surface area contributed by atoms with E-state index in [1.165, 1.54) is 149 Å². The van der Waals surface area contributed by atoms with Gasteiger partial charge in [0.2, 0.25) is 5.88 Å². The fourth-order valence-electron chi connectivity index (χ4n) is 14.7. The molecule has 364 valence electrons. The molecule has 1 fully saturated rings. The average Bonchev–Trinajstić information content (AvgIpc) is 3.65. The standard InChI is InChI=1S/C67H77BN2O/c1-38-28-39(2)57(40(3)29-38)43-32-54-59-55(33-43)70(60-41(4)30-45(31-42(60)5)63(9,10)11)53-21-18-44(62(6,7)8)34-52(53)68(59)58-47-36-50-51(67(17)26-24-66(50,16)25-27-67)37-56(47)71-61(58)69(54)46-19-20-48-49(35-46)65(14,15)23-22-64(48,12)13/h18-21,28-37H,22-27H2,1-17H3. The average molecular weight is 937 g/mol. The topological polar surface area (TPSA) is 19.6 Å². The number of benzene rings is 6. The van der Waals surface area contributed by atoms with Crippen LogP contribution in [-0.4, -0.2) is 6.71 Å². The number of nitrogens with zero attached hydrogens (tertiary/aromatic N) is 2. The third-order valence-corrected chi connectivity index (χ3v) is 19.1. The quantitative estimate of drug-likeness (QED) is 0.165. The largest absolute Gasteiger partial charge is 0.440 e. The minimum absolute atomic E-state index is 0.0191. The lowest BCUT2D eigenvalue weighted by molar-refractivity contribution is 0.188. The summed E-state index contributed by atoms with van der Waals surface area (Å²) in [6.07, 6.45) is 7.30. The van der Waals surface area contributed by atoms with Crippen LogP contribution in [0.15, 0.2) is 89.3 Å². The van der Waals surface area contributed by atoms with Crippen molar-refractivity contribution in [1.82, 2.24) is 0 Å². The van der Waals surface area contributed by atoms with Gasteiger partial charge < -0.3 is 9.32 Å². The molecule has 0 atom stereocenters. The monoisotopic (exact) mass is 937 g/mol. The Kier molecular flexibility index (Phi) is 9.73. The second-order valence-electron chi connectivity index (χ2n) is 27.4. The van der Waals surface area contributed by atoms with Crippen molar-refractivity contribution in [2.45, 2.75) is 189 Å². The van der Waals surface area contributed by atoms with Crippen LogP contribution in [0, 0.1) is 34.6 Å². The number of rotatable bonds is 3. The van der Waals surface area contributed by atoms with E-state index in [0.29, 0.717) is 0 Å². The third-order valence-electron chi connectivity index (χ3n) is 19.1. The van der Waals surface area contributed by atoms with Crippen molar-refractivity contribution < 1.29 is 4.42 Å². The van der Waals surface area contributed by atoms with Crippen molar-refractivity contribution >= 4 is 68.4 Å². The van der Waals surface area contributed by atoms with Gasteiger partial charge in [0.1, 0.15) is 5.58 Å². The summed E-state index contributed by atoms with van der Waals surface area (Å²) < 4.78 is 7.73. The summed E-state index contributed by atoms with van der Waals surface area (Å²) in [5.74, 6) is 0.971. The van der Waals surface area contributed by atoms with Crippen LogP contribution >= 0.6 is 0 Å². The van der Waals surface area contributed by atoms with Gasteiger partial charge in [0.15, 0.2) is 0 Å². The molecule has 0 unspecified atom stereocenters. The molecule has 0 N–H and O–H groups in total. The van der Waals surface area contributed by atoms with Gasteiger partial charge in [-0.25, -0.2) is 0 Å². The van der Waals surface area contributed by atoms with Gasteiger partial charge in [0.05, 0.1) is 5.69 Å². The van der Waals surface area contributed by atoms with E-state index >= 15 is 0 Å². The Morgan fingerprint density at radius 1 is 0.493 bits per heavy atom. The van der Waals surface area contributed by atoms with Crippen LogP contribution in [0.25, 0.3) is 22.1 Å². The minimum Gasteiger partial charge on any atom is -0.440 e. The molecule has 2 bridgehead atoms. The summed E-state index contributed by atoms with van der Waals surface area (Å²) in [6, 6.07) is 34.9. The van der Waals surface area contributed by atoms with Gasteiger partial charge in [0, 0.05) is 33.6 Å².